The van der Waals surface area contributed by atoms with Crippen LogP contribution in [0.2, 0.25) is 5.02 Å². The van der Waals surface area contributed by atoms with Crippen LogP contribution < -0.4 is 5.32 Å². The fourth-order valence-electron chi connectivity index (χ4n) is 2.24. The average molecular weight is 406 g/mol. The molecule has 5 nitrogen and oxygen atoms in total. The molecule has 2 aromatic rings. The van der Waals surface area contributed by atoms with E-state index in [-0.39, 0.29) is 10.6 Å². The Balaban J connectivity index is 2.33. The SMILES string of the molecule is Cc1cc(S(=O)(=O)C(F)(F)NC(O)C(C)(O)c2ccccc2)ccc1Cl. The molecule has 2 rings (SSSR count). The Morgan fingerprint density at radius 3 is 2.27 bits per heavy atom. The summed E-state index contributed by atoms with van der Waals surface area (Å²) in [5.41, 5.74) is -1.72. The summed E-state index contributed by atoms with van der Waals surface area (Å²) in [6, 6.07) is 10.7. The van der Waals surface area contributed by atoms with Crippen molar-refractivity contribution in [2.24, 2.45) is 0 Å². The summed E-state index contributed by atoms with van der Waals surface area (Å²) < 4.78 is 53.4. The van der Waals surface area contributed by atoms with Gasteiger partial charge in [0.2, 0.25) is 0 Å². The van der Waals surface area contributed by atoms with E-state index in [4.69, 9.17) is 11.6 Å². The van der Waals surface area contributed by atoms with Crippen molar-refractivity contribution in [1.29, 1.82) is 0 Å². The fourth-order valence-corrected chi connectivity index (χ4v) is 3.50. The van der Waals surface area contributed by atoms with E-state index in [1.807, 2.05) is 0 Å². The van der Waals surface area contributed by atoms with Crippen molar-refractivity contribution in [2.75, 3.05) is 0 Å². The van der Waals surface area contributed by atoms with E-state index in [0.29, 0.717) is 5.56 Å². The van der Waals surface area contributed by atoms with Crippen LogP contribution in [0.15, 0.2) is 53.4 Å². The Hall–Kier alpha value is -1.58. The Labute approximate surface area is 155 Å². The second kappa shape index (κ2) is 7.21. The number of rotatable bonds is 6. The normalized spacial score (nSPS) is 16.1. The molecule has 0 aliphatic heterocycles. The lowest BCUT2D eigenvalue weighted by atomic mass is 9.94. The maximum atomic E-state index is 14.4. The van der Waals surface area contributed by atoms with Gasteiger partial charge in [0, 0.05) is 5.02 Å². The van der Waals surface area contributed by atoms with Crippen LogP contribution in [0.5, 0.6) is 0 Å². The Morgan fingerprint density at radius 2 is 1.73 bits per heavy atom. The first-order valence-electron chi connectivity index (χ1n) is 7.52. The van der Waals surface area contributed by atoms with Crippen molar-refractivity contribution in [3.63, 3.8) is 0 Å². The standard InChI is InChI=1S/C17H18ClF2NO4S/c1-11-10-13(8-9-14(11)18)26(24,25)17(19,20)21-15(22)16(2,23)12-6-4-3-5-7-12/h3-10,15,21-23H,1-2H3. The minimum atomic E-state index is -5.19. The highest BCUT2D eigenvalue weighted by atomic mass is 35.5. The zero-order valence-electron chi connectivity index (χ0n) is 13.9. The van der Waals surface area contributed by atoms with Crippen LogP contribution in [0.4, 0.5) is 8.78 Å². The van der Waals surface area contributed by atoms with Crippen molar-refractivity contribution >= 4 is 21.4 Å². The topological polar surface area (TPSA) is 86.6 Å². The zero-order valence-corrected chi connectivity index (χ0v) is 15.5. The molecular weight excluding hydrogens is 388 g/mol. The molecule has 0 saturated carbocycles. The number of hydrogen-bond acceptors (Lipinski definition) is 5. The Morgan fingerprint density at radius 1 is 1.15 bits per heavy atom. The monoisotopic (exact) mass is 405 g/mol. The Bertz CT molecular complexity index is 889. The van der Waals surface area contributed by atoms with E-state index < -0.39 is 31.9 Å². The van der Waals surface area contributed by atoms with Crippen molar-refractivity contribution in [2.45, 2.75) is 36.0 Å². The van der Waals surface area contributed by atoms with Gasteiger partial charge in [-0.1, -0.05) is 41.9 Å². The third-order valence-electron chi connectivity index (χ3n) is 3.97. The lowest BCUT2D eigenvalue weighted by Crippen LogP contribution is -2.56. The molecule has 0 spiro atoms. The quantitative estimate of drug-likeness (QED) is 0.508. The summed E-state index contributed by atoms with van der Waals surface area (Å²) in [6.45, 7) is 2.57. The lowest BCUT2D eigenvalue weighted by molar-refractivity contribution is -0.121. The van der Waals surface area contributed by atoms with E-state index in [0.717, 1.165) is 19.1 Å². The maximum Gasteiger partial charge on any atom is 0.410 e. The highest BCUT2D eigenvalue weighted by Crippen LogP contribution is 2.32. The Kier molecular flexibility index (Phi) is 5.74. The van der Waals surface area contributed by atoms with Crippen LogP contribution >= 0.6 is 11.6 Å². The molecule has 0 aliphatic rings. The van der Waals surface area contributed by atoms with E-state index in [1.54, 1.807) is 18.2 Å². The van der Waals surface area contributed by atoms with Crippen LogP contribution in [0.3, 0.4) is 0 Å². The maximum absolute atomic E-state index is 14.4. The third kappa shape index (κ3) is 3.89. The van der Waals surface area contributed by atoms with Crippen molar-refractivity contribution in [1.82, 2.24) is 5.32 Å². The molecule has 0 aromatic heterocycles. The predicted octanol–water partition coefficient (Wildman–Crippen LogP) is 2.79. The third-order valence-corrected chi connectivity index (χ3v) is 6.06. The number of halogens is 3. The molecular formula is C17H18ClF2NO4S. The van der Waals surface area contributed by atoms with Gasteiger partial charge in [-0.2, -0.15) is 8.78 Å². The first-order chi connectivity index (χ1) is 11.9. The molecule has 0 amide bonds. The molecule has 26 heavy (non-hydrogen) atoms. The van der Waals surface area contributed by atoms with Crippen LogP contribution in [0.1, 0.15) is 18.1 Å². The first kappa shape index (κ1) is 20.7. The number of benzene rings is 2. The van der Waals surface area contributed by atoms with Crippen LogP contribution in [-0.2, 0) is 15.4 Å². The van der Waals surface area contributed by atoms with Crippen LogP contribution in [-0.4, -0.2) is 30.2 Å². The summed E-state index contributed by atoms with van der Waals surface area (Å²) in [5.74, 6) is 0. The summed E-state index contributed by atoms with van der Waals surface area (Å²) in [4.78, 5) is -0.663. The van der Waals surface area contributed by atoms with Gasteiger partial charge in [-0.05, 0) is 43.2 Å². The second-order valence-electron chi connectivity index (χ2n) is 5.99. The summed E-state index contributed by atoms with van der Waals surface area (Å²) in [5, 5.41) is 17.4. The van der Waals surface area contributed by atoms with Gasteiger partial charge in [0.1, 0.15) is 11.8 Å². The van der Waals surface area contributed by atoms with Crippen molar-refractivity contribution in [3.8, 4) is 0 Å². The molecule has 2 aromatic carbocycles. The number of nitrogens with one attached hydrogen (secondary N) is 1. The lowest BCUT2D eigenvalue weighted by Gasteiger charge is -2.32. The molecule has 9 heteroatoms. The van der Waals surface area contributed by atoms with Crippen molar-refractivity contribution in [3.05, 3.63) is 64.7 Å². The van der Waals surface area contributed by atoms with Gasteiger partial charge in [-0.15, -0.1) is 0 Å². The van der Waals surface area contributed by atoms with Gasteiger partial charge in [0.25, 0.3) is 9.84 Å². The van der Waals surface area contributed by atoms with Crippen LogP contribution in [0, 0.1) is 6.92 Å². The minimum Gasteiger partial charge on any atom is -0.381 e. The minimum absolute atomic E-state index is 0.135. The molecule has 0 bridgehead atoms. The van der Waals surface area contributed by atoms with Gasteiger partial charge >= 0.3 is 5.38 Å². The number of alkyl halides is 2. The van der Waals surface area contributed by atoms with E-state index >= 15 is 0 Å². The summed E-state index contributed by atoms with van der Waals surface area (Å²) >= 11 is 5.79. The molecule has 0 saturated heterocycles. The van der Waals surface area contributed by atoms with Gasteiger partial charge < -0.3 is 10.2 Å². The number of aryl methyl sites for hydroxylation is 1. The second-order valence-corrected chi connectivity index (χ2v) is 8.39. The molecule has 3 N–H and O–H groups in total. The number of aliphatic hydroxyl groups excluding tert-OH is 1. The van der Waals surface area contributed by atoms with Gasteiger partial charge in [0.05, 0.1) is 4.90 Å². The van der Waals surface area contributed by atoms with E-state index in [2.05, 4.69) is 0 Å². The highest BCUT2D eigenvalue weighted by molar-refractivity contribution is 7.92. The van der Waals surface area contributed by atoms with Gasteiger partial charge in [-0.25, -0.2) is 13.7 Å². The smallest absolute Gasteiger partial charge is 0.381 e. The number of sulfone groups is 1. The first-order valence-corrected chi connectivity index (χ1v) is 9.38. The van der Waals surface area contributed by atoms with Gasteiger partial charge in [0.15, 0.2) is 0 Å². The molecule has 2 unspecified atom stereocenters. The molecule has 142 valence electrons. The number of aliphatic hydroxyl groups is 2. The average Bonchev–Trinajstić information content (AvgIpc) is 2.57. The summed E-state index contributed by atoms with van der Waals surface area (Å²) in [6.07, 6.45) is -2.26. The zero-order chi connectivity index (χ0) is 19.8. The molecule has 0 fully saturated rings. The number of hydrogen-bond donors (Lipinski definition) is 3. The molecule has 0 radical (unpaired) electrons. The van der Waals surface area contributed by atoms with Crippen LogP contribution in [0.25, 0.3) is 0 Å². The largest absolute Gasteiger partial charge is 0.410 e. The van der Waals surface area contributed by atoms with E-state index in [9.17, 15) is 27.4 Å². The van der Waals surface area contributed by atoms with E-state index in [1.165, 1.54) is 30.4 Å². The molecule has 0 aliphatic carbocycles. The molecule has 0 heterocycles. The highest BCUT2D eigenvalue weighted by Gasteiger charge is 2.50. The predicted molar refractivity (Wildman–Crippen MR) is 93.5 cm³/mol. The van der Waals surface area contributed by atoms with Crippen molar-refractivity contribution < 1.29 is 27.4 Å². The van der Waals surface area contributed by atoms with Gasteiger partial charge in [-0.3, -0.25) is 0 Å². The summed E-state index contributed by atoms with van der Waals surface area (Å²) in [7, 11) is -5.19. The molecule has 2 atom stereocenters. The fraction of sp³-hybridized carbons (Fsp3) is 0.294.